The summed E-state index contributed by atoms with van der Waals surface area (Å²) in [6.07, 6.45) is 2.79. The van der Waals surface area contributed by atoms with Crippen LogP contribution in [0.3, 0.4) is 0 Å². The van der Waals surface area contributed by atoms with Gasteiger partial charge in [-0.15, -0.1) is 0 Å². The molecule has 0 aliphatic carbocycles. The van der Waals surface area contributed by atoms with Crippen LogP contribution >= 0.6 is 0 Å². The van der Waals surface area contributed by atoms with E-state index in [0.29, 0.717) is 32.5 Å². The third-order valence-electron chi connectivity index (χ3n) is 5.77. The molecule has 2 aliphatic rings. The highest BCUT2D eigenvalue weighted by Gasteiger charge is 2.32. The van der Waals surface area contributed by atoms with Crippen LogP contribution in [0.15, 0.2) is 30.3 Å². The molecule has 2 saturated heterocycles. The van der Waals surface area contributed by atoms with Crippen molar-refractivity contribution < 1.29 is 19.1 Å². The van der Waals surface area contributed by atoms with Gasteiger partial charge in [0.1, 0.15) is 0 Å². The molecule has 0 atom stereocenters. The van der Waals surface area contributed by atoms with Crippen LogP contribution in [0.4, 0.5) is 0 Å². The monoisotopic (exact) mass is 401 g/mol. The standard InChI is InChI=1S/C22H31N3O4/c1-2-29-22(28)18-8-14-25(15-9-18)21(27)20(26)23-19-10-12-24(13-11-19)16-17-6-4-3-5-7-17/h3-7,18-19H,2,8-16H2,1H3,(H,23,26). The van der Waals surface area contributed by atoms with Crippen LogP contribution in [-0.4, -0.2) is 66.4 Å². The third kappa shape index (κ3) is 6.03. The number of rotatable bonds is 5. The molecule has 1 aromatic rings. The maximum Gasteiger partial charge on any atom is 0.311 e. The Balaban J connectivity index is 1.38. The number of likely N-dealkylation sites (tertiary alicyclic amines) is 2. The van der Waals surface area contributed by atoms with E-state index in [1.165, 1.54) is 5.56 Å². The lowest BCUT2D eigenvalue weighted by molar-refractivity contribution is -0.153. The van der Waals surface area contributed by atoms with Gasteiger partial charge >= 0.3 is 17.8 Å². The molecular formula is C22H31N3O4. The fourth-order valence-electron chi connectivity index (χ4n) is 4.05. The fourth-order valence-corrected chi connectivity index (χ4v) is 4.05. The van der Waals surface area contributed by atoms with Crippen LogP contribution in [-0.2, 0) is 25.7 Å². The van der Waals surface area contributed by atoms with E-state index in [1.807, 2.05) is 18.2 Å². The van der Waals surface area contributed by atoms with Gasteiger partial charge < -0.3 is 15.0 Å². The van der Waals surface area contributed by atoms with Gasteiger partial charge in [0.15, 0.2) is 0 Å². The first-order valence-electron chi connectivity index (χ1n) is 10.6. The average molecular weight is 402 g/mol. The summed E-state index contributed by atoms with van der Waals surface area (Å²) in [5.41, 5.74) is 1.29. The summed E-state index contributed by atoms with van der Waals surface area (Å²) in [5, 5.41) is 2.91. The van der Waals surface area contributed by atoms with Crippen LogP contribution in [0.1, 0.15) is 38.2 Å². The number of nitrogens with one attached hydrogen (secondary N) is 1. The number of piperidine rings is 2. The minimum atomic E-state index is -0.527. The Morgan fingerprint density at radius 1 is 1.00 bits per heavy atom. The van der Waals surface area contributed by atoms with Crippen molar-refractivity contribution in [3.63, 3.8) is 0 Å². The molecule has 0 bridgehead atoms. The highest BCUT2D eigenvalue weighted by atomic mass is 16.5. The maximum atomic E-state index is 12.5. The molecule has 2 fully saturated rings. The maximum absolute atomic E-state index is 12.5. The molecule has 0 unspecified atom stereocenters. The van der Waals surface area contributed by atoms with Crippen LogP contribution in [0.25, 0.3) is 0 Å². The smallest absolute Gasteiger partial charge is 0.311 e. The molecule has 7 nitrogen and oxygen atoms in total. The van der Waals surface area contributed by atoms with Gasteiger partial charge in [-0.1, -0.05) is 30.3 Å². The number of carbonyl (C=O) groups excluding carboxylic acids is 3. The van der Waals surface area contributed by atoms with Crippen molar-refractivity contribution in [2.45, 2.75) is 45.2 Å². The topological polar surface area (TPSA) is 78.9 Å². The summed E-state index contributed by atoms with van der Waals surface area (Å²) in [6.45, 7) is 5.71. The van der Waals surface area contributed by atoms with Crippen molar-refractivity contribution in [1.82, 2.24) is 15.1 Å². The summed E-state index contributed by atoms with van der Waals surface area (Å²) in [4.78, 5) is 40.6. The van der Waals surface area contributed by atoms with Crippen LogP contribution in [0.5, 0.6) is 0 Å². The first-order chi connectivity index (χ1) is 14.1. The molecule has 2 aliphatic heterocycles. The molecule has 0 spiro atoms. The predicted octanol–water partition coefficient (Wildman–Crippen LogP) is 1.57. The number of amides is 2. The van der Waals surface area contributed by atoms with Gasteiger partial charge in [-0.3, -0.25) is 19.3 Å². The summed E-state index contributed by atoms with van der Waals surface area (Å²) in [5.74, 6) is -1.39. The lowest BCUT2D eigenvalue weighted by Gasteiger charge is -2.33. The number of esters is 1. The molecular weight excluding hydrogens is 370 g/mol. The quantitative estimate of drug-likeness (QED) is 0.599. The molecule has 0 aromatic heterocycles. The van der Waals surface area contributed by atoms with E-state index in [4.69, 9.17) is 4.74 Å². The summed E-state index contributed by atoms with van der Waals surface area (Å²) in [7, 11) is 0. The van der Waals surface area contributed by atoms with Gasteiger partial charge in [-0.2, -0.15) is 0 Å². The van der Waals surface area contributed by atoms with E-state index in [1.54, 1.807) is 11.8 Å². The molecule has 0 radical (unpaired) electrons. The molecule has 1 N–H and O–H groups in total. The third-order valence-corrected chi connectivity index (χ3v) is 5.77. The first-order valence-corrected chi connectivity index (χ1v) is 10.6. The van der Waals surface area contributed by atoms with E-state index in [2.05, 4.69) is 22.3 Å². The minimum Gasteiger partial charge on any atom is -0.466 e. The molecule has 2 amide bonds. The Morgan fingerprint density at radius 3 is 2.28 bits per heavy atom. The van der Waals surface area contributed by atoms with Crippen molar-refractivity contribution in [1.29, 1.82) is 0 Å². The second-order valence-electron chi connectivity index (χ2n) is 7.83. The number of hydrogen-bond acceptors (Lipinski definition) is 5. The largest absolute Gasteiger partial charge is 0.466 e. The molecule has 7 heteroatoms. The number of ether oxygens (including phenoxy) is 1. The molecule has 29 heavy (non-hydrogen) atoms. The van der Waals surface area contributed by atoms with E-state index in [-0.39, 0.29) is 17.9 Å². The summed E-state index contributed by atoms with van der Waals surface area (Å²) in [6, 6.07) is 10.4. The predicted molar refractivity (Wildman–Crippen MR) is 109 cm³/mol. The van der Waals surface area contributed by atoms with Gasteiger partial charge in [-0.25, -0.2) is 0 Å². The Morgan fingerprint density at radius 2 is 1.66 bits per heavy atom. The van der Waals surface area contributed by atoms with Gasteiger partial charge in [0, 0.05) is 38.8 Å². The van der Waals surface area contributed by atoms with E-state index in [9.17, 15) is 14.4 Å². The zero-order valence-electron chi connectivity index (χ0n) is 17.1. The summed E-state index contributed by atoms with van der Waals surface area (Å²) < 4.78 is 5.05. The Labute approximate surface area is 172 Å². The van der Waals surface area contributed by atoms with Crippen molar-refractivity contribution >= 4 is 17.8 Å². The molecule has 0 saturated carbocycles. The van der Waals surface area contributed by atoms with E-state index >= 15 is 0 Å². The normalized spacial score (nSPS) is 19.0. The lowest BCUT2D eigenvalue weighted by atomic mass is 9.97. The molecule has 2 heterocycles. The van der Waals surface area contributed by atoms with Gasteiger partial charge in [0.05, 0.1) is 12.5 Å². The molecule has 158 valence electrons. The number of hydrogen-bond donors (Lipinski definition) is 1. The average Bonchev–Trinajstić information content (AvgIpc) is 2.75. The fraction of sp³-hybridized carbons (Fsp3) is 0.591. The number of benzene rings is 1. The second-order valence-corrected chi connectivity index (χ2v) is 7.83. The molecule has 1 aromatic carbocycles. The number of nitrogens with zero attached hydrogens (tertiary/aromatic N) is 2. The van der Waals surface area contributed by atoms with Gasteiger partial charge in [-0.05, 0) is 38.2 Å². The van der Waals surface area contributed by atoms with Gasteiger partial charge in [0.25, 0.3) is 0 Å². The lowest BCUT2D eigenvalue weighted by Crippen LogP contribution is -2.51. The zero-order chi connectivity index (χ0) is 20.6. The van der Waals surface area contributed by atoms with E-state index in [0.717, 1.165) is 32.5 Å². The van der Waals surface area contributed by atoms with Crippen molar-refractivity contribution in [2.75, 3.05) is 32.8 Å². The van der Waals surface area contributed by atoms with Crippen LogP contribution in [0, 0.1) is 5.92 Å². The second kappa shape index (κ2) is 10.4. The highest BCUT2D eigenvalue weighted by molar-refractivity contribution is 6.35. The van der Waals surface area contributed by atoms with Crippen molar-refractivity contribution in [3.05, 3.63) is 35.9 Å². The van der Waals surface area contributed by atoms with Crippen LogP contribution < -0.4 is 5.32 Å². The van der Waals surface area contributed by atoms with Gasteiger partial charge in [0.2, 0.25) is 0 Å². The van der Waals surface area contributed by atoms with Crippen LogP contribution in [0.2, 0.25) is 0 Å². The minimum absolute atomic E-state index is 0.0375. The van der Waals surface area contributed by atoms with Crippen molar-refractivity contribution in [3.8, 4) is 0 Å². The van der Waals surface area contributed by atoms with Crippen molar-refractivity contribution in [2.24, 2.45) is 5.92 Å². The van der Waals surface area contributed by atoms with E-state index < -0.39 is 11.8 Å². The summed E-state index contributed by atoms with van der Waals surface area (Å²) >= 11 is 0. The number of carbonyl (C=O) groups is 3. The zero-order valence-corrected chi connectivity index (χ0v) is 17.1. The molecule has 3 rings (SSSR count). The SMILES string of the molecule is CCOC(=O)C1CCN(C(=O)C(=O)NC2CCN(Cc3ccccc3)CC2)CC1. The Kier molecular flexibility index (Phi) is 7.63. The first kappa shape index (κ1) is 21.3. The Hall–Kier alpha value is -2.41. The highest BCUT2D eigenvalue weighted by Crippen LogP contribution is 2.19. The Bertz CT molecular complexity index is 693.